The third kappa shape index (κ3) is 7.49. The number of carbonyl (C=O) groups excluding carboxylic acids is 1. The van der Waals surface area contributed by atoms with Crippen LogP contribution in [0.4, 0.5) is 10.1 Å². The first kappa shape index (κ1) is 34.1. The van der Waals surface area contributed by atoms with Gasteiger partial charge in [0.2, 0.25) is 0 Å². The summed E-state index contributed by atoms with van der Waals surface area (Å²) in [6, 6.07) is 19.1. The Morgan fingerprint density at radius 2 is 1.83 bits per heavy atom. The number of benzene rings is 3. The van der Waals surface area contributed by atoms with E-state index < -0.39 is 35.7 Å². The maximum absolute atomic E-state index is 15.4. The van der Waals surface area contributed by atoms with E-state index >= 15 is 4.39 Å². The highest BCUT2D eigenvalue weighted by molar-refractivity contribution is 5.86. The normalized spacial score (nSPS) is 13.3. The van der Waals surface area contributed by atoms with Crippen molar-refractivity contribution in [1.29, 1.82) is 0 Å². The predicted molar refractivity (Wildman–Crippen MR) is 180 cm³/mol. The zero-order valence-electron chi connectivity index (χ0n) is 27.4. The van der Waals surface area contributed by atoms with Crippen molar-refractivity contribution in [2.24, 2.45) is 5.73 Å². The van der Waals surface area contributed by atoms with Gasteiger partial charge < -0.3 is 35.3 Å². The molecule has 48 heavy (non-hydrogen) atoms. The molecule has 12 nitrogen and oxygen atoms in total. The summed E-state index contributed by atoms with van der Waals surface area (Å²) in [4.78, 5) is 32.6. The minimum absolute atomic E-state index is 0.0413. The van der Waals surface area contributed by atoms with E-state index in [1.807, 2.05) is 25.1 Å². The summed E-state index contributed by atoms with van der Waals surface area (Å²) in [6.07, 6.45) is -0.625. The molecule has 5 rings (SSSR count). The van der Waals surface area contributed by atoms with Crippen LogP contribution in [0.2, 0.25) is 0 Å². The summed E-state index contributed by atoms with van der Waals surface area (Å²) >= 11 is 0. The van der Waals surface area contributed by atoms with Crippen LogP contribution in [0.25, 0.3) is 16.6 Å². The molecule has 2 heterocycles. The fraction of sp³-hybridized carbons (Fsp3) is 0.286. The summed E-state index contributed by atoms with van der Waals surface area (Å²) in [6.45, 7) is 3.67. The third-order valence-corrected chi connectivity index (χ3v) is 7.68. The number of likely N-dealkylation sites (N-methyl/N-ethyl adjacent to an activating group) is 1. The van der Waals surface area contributed by atoms with Gasteiger partial charge in [-0.25, -0.2) is 9.07 Å². The Balaban J connectivity index is 1.44. The van der Waals surface area contributed by atoms with Crippen molar-refractivity contribution in [2.45, 2.75) is 38.8 Å². The molecule has 5 aromatic rings. The molecule has 2 aromatic heterocycles. The summed E-state index contributed by atoms with van der Waals surface area (Å²) in [5.74, 6) is -0.273. The molecule has 0 saturated heterocycles. The molecule has 0 fully saturated rings. The number of rotatable bonds is 13. The SMILES string of the molecule is COc1ccc2c(Oc3ccc(NC(O)c4c(C)n(CC(CN(C)C)OC(=O)C(C)N)n(-c5ccccc5)c4=O)cc3F)ccnc2c1. The highest BCUT2D eigenvalue weighted by Gasteiger charge is 2.27. The molecule has 252 valence electrons. The monoisotopic (exact) mass is 658 g/mol. The number of hydrogen-bond donors (Lipinski definition) is 3. The maximum Gasteiger partial charge on any atom is 0.323 e. The summed E-state index contributed by atoms with van der Waals surface area (Å²) in [7, 11) is 5.24. The Morgan fingerprint density at radius 3 is 2.50 bits per heavy atom. The van der Waals surface area contributed by atoms with Gasteiger partial charge in [-0.1, -0.05) is 18.2 Å². The molecule has 3 aromatic carbocycles. The molecule has 0 bridgehead atoms. The van der Waals surface area contributed by atoms with Crippen molar-refractivity contribution < 1.29 is 28.5 Å². The second-order valence-corrected chi connectivity index (χ2v) is 11.6. The number of halogens is 1. The van der Waals surface area contributed by atoms with Crippen molar-refractivity contribution in [3.63, 3.8) is 0 Å². The van der Waals surface area contributed by atoms with Gasteiger partial charge in [-0.15, -0.1) is 0 Å². The van der Waals surface area contributed by atoms with E-state index in [2.05, 4.69) is 10.3 Å². The Morgan fingerprint density at radius 1 is 1.08 bits per heavy atom. The minimum Gasteiger partial charge on any atom is -0.497 e. The number of ether oxygens (including phenoxy) is 3. The molecule has 0 aliphatic heterocycles. The number of anilines is 1. The third-order valence-electron chi connectivity index (χ3n) is 7.68. The van der Waals surface area contributed by atoms with Gasteiger partial charge in [0.05, 0.1) is 30.4 Å². The summed E-state index contributed by atoms with van der Waals surface area (Å²) < 4.78 is 35.3. The van der Waals surface area contributed by atoms with E-state index in [9.17, 15) is 14.7 Å². The van der Waals surface area contributed by atoms with Crippen molar-refractivity contribution in [2.75, 3.05) is 33.1 Å². The summed E-state index contributed by atoms with van der Waals surface area (Å²) in [5.41, 5.74) is 7.10. The van der Waals surface area contributed by atoms with Crippen molar-refractivity contribution in [3.8, 4) is 22.9 Å². The smallest absolute Gasteiger partial charge is 0.323 e. The lowest BCUT2D eigenvalue weighted by Crippen LogP contribution is -2.40. The molecule has 0 radical (unpaired) electrons. The Bertz CT molecular complexity index is 1960. The van der Waals surface area contributed by atoms with Gasteiger partial charge in [0.25, 0.3) is 5.56 Å². The number of esters is 1. The van der Waals surface area contributed by atoms with E-state index in [4.69, 9.17) is 19.9 Å². The quantitative estimate of drug-likeness (QED) is 0.123. The molecule has 0 aliphatic carbocycles. The Kier molecular flexibility index (Phi) is 10.4. The van der Waals surface area contributed by atoms with Gasteiger partial charge in [0, 0.05) is 41.6 Å². The topological polar surface area (TPSA) is 146 Å². The lowest BCUT2D eigenvalue weighted by Gasteiger charge is -2.25. The van der Waals surface area contributed by atoms with Crippen LogP contribution in [0.15, 0.2) is 83.8 Å². The zero-order chi connectivity index (χ0) is 34.5. The van der Waals surface area contributed by atoms with Crippen LogP contribution in [0.3, 0.4) is 0 Å². The largest absolute Gasteiger partial charge is 0.497 e. The van der Waals surface area contributed by atoms with E-state index in [0.29, 0.717) is 40.3 Å². The molecule has 0 aliphatic rings. The van der Waals surface area contributed by atoms with Crippen LogP contribution in [0, 0.1) is 12.7 Å². The lowest BCUT2D eigenvalue weighted by atomic mass is 10.2. The Labute approximate surface area is 277 Å². The minimum atomic E-state index is -1.52. The number of pyridine rings is 1. The van der Waals surface area contributed by atoms with E-state index in [-0.39, 0.29) is 23.5 Å². The van der Waals surface area contributed by atoms with Crippen LogP contribution in [0.1, 0.15) is 24.4 Å². The number of aromatic nitrogens is 3. The second-order valence-electron chi connectivity index (χ2n) is 11.6. The molecule has 13 heteroatoms. The number of aliphatic hydroxyl groups excluding tert-OH is 1. The molecular formula is C35H39FN6O6. The number of nitrogens with zero attached hydrogens (tertiary/aromatic N) is 4. The first-order chi connectivity index (χ1) is 23.0. The number of hydrogen-bond acceptors (Lipinski definition) is 10. The number of carbonyl (C=O) groups is 1. The number of aliphatic hydroxyl groups is 1. The molecule has 4 N–H and O–H groups in total. The maximum atomic E-state index is 15.4. The van der Waals surface area contributed by atoms with E-state index in [1.54, 1.807) is 73.4 Å². The fourth-order valence-electron chi connectivity index (χ4n) is 5.37. The Hall–Kier alpha value is -5.24. The first-order valence-corrected chi connectivity index (χ1v) is 15.3. The van der Waals surface area contributed by atoms with Crippen LogP contribution in [-0.4, -0.2) is 70.2 Å². The average Bonchev–Trinajstić information content (AvgIpc) is 3.30. The molecular weight excluding hydrogens is 619 g/mol. The highest BCUT2D eigenvalue weighted by atomic mass is 19.1. The molecule has 3 unspecified atom stereocenters. The number of methoxy groups -OCH3 is 1. The molecule has 3 atom stereocenters. The molecule has 0 spiro atoms. The second kappa shape index (κ2) is 14.7. The standard InChI is InChI=1S/C35H39FN6O6/c1-21(37)35(45)47-26(19-40(3)4)20-41-22(2)32(34(44)42(41)24-9-7-6-8-10-24)33(43)39-23-11-14-31(28(36)17-23)48-30-15-16-38-29-18-25(46-5)12-13-27(29)30/h6-18,21,26,33,39,43H,19-20,37H2,1-5H3. The van der Waals surface area contributed by atoms with Gasteiger partial charge in [-0.05, 0) is 70.4 Å². The number of nitrogens with two attached hydrogens (primary N) is 1. The average molecular weight is 659 g/mol. The van der Waals surface area contributed by atoms with Crippen LogP contribution >= 0.6 is 0 Å². The number of nitrogens with one attached hydrogen (secondary N) is 1. The predicted octanol–water partition coefficient (Wildman–Crippen LogP) is 4.36. The van der Waals surface area contributed by atoms with E-state index in [1.165, 1.54) is 29.8 Å². The van der Waals surface area contributed by atoms with Gasteiger partial charge >= 0.3 is 5.97 Å². The first-order valence-electron chi connectivity index (χ1n) is 15.3. The van der Waals surface area contributed by atoms with Crippen molar-refractivity contribution >= 4 is 22.6 Å². The van der Waals surface area contributed by atoms with Crippen LogP contribution < -0.4 is 26.1 Å². The van der Waals surface area contributed by atoms with Crippen LogP contribution in [0.5, 0.6) is 17.2 Å². The summed E-state index contributed by atoms with van der Waals surface area (Å²) in [5, 5.41) is 14.9. The van der Waals surface area contributed by atoms with Gasteiger partial charge in [-0.2, -0.15) is 0 Å². The molecule has 0 amide bonds. The number of para-hydroxylation sites is 1. The van der Waals surface area contributed by atoms with Gasteiger partial charge in [0.1, 0.15) is 23.6 Å². The highest BCUT2D eigenvalue weighted by Crippen LogP contribution is 2.33. The van der Waals surface area contributed by atoms with Gasteiger partial charge in [-0.3, -0.25) is 19.3 Å². The van der Waals surface area contributed by atoms with Crippen molar-refractivity contribution in [3.05, 3.63) is 106 Å². The molecule has 0 saturated carbocycles. The van der Waals surface area contributed by atoms with Crippen molar-refractivity contribution in [1.82, 2.24) is 19.2 Å². The zero-order valence-corrected chi connectivity index (χ0v) is 27.4. The fourth-order valence-corrected chi connectivity index (χ4v) is 5.37. The lowest BCUT2D eigenvalue weighted by molar-refractivity contribution is -0.151. The van der Waals surface area contributed by atoms with E-state index in [0.717, 1.165) is 0 Å². The van der Waals surface area contributed by atoms with Crippen LogP contribution in [-0.2, 0) is 16.1 Å². The number of fused-ring (bicyclic) bond motifs is 1. The van der Waals surface area contributed by atoms with Gasteiger partial charge in [0.15, 0.2) is 17.8 Å².